The lowest BCUT2D eigenvalue weighted by Crippen LogP contribution is -2.34. The normalized spacial score (nSPS) is 38.5. The molecule has 2 bridgehead atoms. The number of hydrogen-bond donors (Lipinski definition) is 1. The average Bonchev–Trinajstić information content (AvgIpc) is 3.21. The summed E-state index contributed by atoms with van der Waals surface area (Å²) in [5, 5.41) is 2.99. The minimum Gasteiger partial charge on any atom is -0.352 e. The van der Waals surface area contributed by atoms with Crippen LogP contribution in [0.3, 0.4) is 0 Å². The molecule has 1 N–H and O–H groups in total. The number of ketones is 1. The summed E-state index contributed by atoms with van der Waals surface area (Å²) in [6.07, 6.45) is 9.76. The molecule has 4 unspecified atom stereocenters. The third-order valence-electron chi connectivity index (χ3n) is 6.50. The smallest absolute Gasteiger partial charge is 0.243 e. The first-order valence-corrected chi connectivity index (χ1v) is 8.69. The second-order valence-electron chi connectivity index (χ2n) is 7.39. The Morgan fingerprint density at radius 3 is 2.59 bits per heavy atom. The second-order valence-corrected chi connectivity index (χ2v) is 7.39. The quantitative estimate of drug-likeness (QED) is 0.734. The molecule has 22 heavy (non-hydrogen) atoms. The van der Waals surface area contributed by atoms with Crippen molar-refractivity contribution in [2.24, 2.45) is 35.5 Å². The minimum absolute atomic E-state index is 0.0487. The number of amides is 1. The van der Waals surface area contributed by atoms with Crippen molar-refractivity contribution >= 4 is 11.7 Å². The summed E-state index contributed by atoms with van der Waals surface area (Å²) in [6, 6.07) is 0. The van der Waals surface area contributed by atoms with Crippen LogP contribution in [0.5, 0.6) is 0 Å². The number of fused-ring (bicyclic) bond motifs is 5. The van der Waals surface area contributed by atoms with Gasteiger partial charge in [0.1, 0.15) is 0 Å². The Morgan fingerprint density at radius 2 is 1.86 bits per heavy atom. The number of carbonyl (C=O) groups excluding carboxylic acids is 2. The van der Waals surface area contributed by atoms with Crippen LogP contribution in [0.1, 0.15) is 38.5 Å². The van der Waals surface area contributed by atoms with Crippen LogP contribution in [-0.4, -0.2) is 18.2 Å². The standard InChI is InChI=1S/C19H27NO2/c1-3-15(21)7-5-12-9-14-10-17(12)16-8-6-13(19(14)16)11-20-18(22)4-2/h3-4,12-14,16-17,19H,1-2,5-11H2,(H,20,22)/t12?,13?,14?,16-,17?,19+/m0/s1. The predicted molar refractivity (Wildman–Crippen MR) is 87.1 cm³/mol. The Bertz CT molecular complexity index is 484. The molecule has 3 aliphatic rings. The second kappa shape index (κ2) is 6.39. The number of rotatable bonds is 7. The third kappa shape index (κ3) is 2.78. The van der Waals surface area contributed by atoms with Crippen molar-refractivity contribution < 1.29 is 9.59 Å². The van der Waals surface area contributed by atoms with Crippen molar-refractivity contribution in [3.05, 3.63) is 25.3 Å². The zero-order chi connectivity index (χ0) is 15.7. The van der Waals surface area contributed by atoms with Gasteiger partial charge in [-0.3, -0.25) is 9.59 Å². The summed E-state index contributed by atoms with van der Waals surface area (Å²) in [5.41, 5.74) is 0. The van der Waals surface area contributed by atoms with Crippen LogP contribution < -0.4 is 5.32 Å². The molecule has 6 atom stereocenters. The van der Waals surface area contributed by atoms with Gasteiger partial charge in [0.25, 0.3) is 0 Å². The van der Waals surface area contributed by atoms with Crippen molar-refractivity contribution in [3.8, 4) is 0 Å². The highest BCUT2D eigenvalue weighted by atomic mass is 16.1. The van der Waals surface area contributed by atoms with Gasteiger partial charge in [-0.05, 0) is 79.8 Å². The Kier molecular flexibility index (Phi) is 4.51. The van der Waals surface area contributed by atoms with Crippen LogP contribution in [-0.2, 0) is 9.59 Å². The Labute approximate surface area is 133 Å². The van der Waals surface area contributed by atoms with E-state index in [2.05, 4.69) is 18.5 Å². The molecule has 0 saturated heterocycles. The van der Waals surface area contributed by atoms with E-state index in [4.69, 9.17) is 0 Å². The first kappa shape index (κ1) is 15.5. The van der Waals surface area contributed by atoms with Gasteiger partial charge in [-0.25, -0.2) is 0 Å². The highest BCUT2D eigenvalue weighted by Crippen LogP contribution is 2.63. The molecule has 1 amide bonds. The first-order chi connectivity index (χ1) is 10.6. The zero-order valence-corrected chi connectivity index (χ0v) is 13.3. The van der Waals surface area contributed by atoms with E-state index in [0.717, 1.165) is 42.6 Å². The van der Waals surface area contributed by atoms with Gasteiger partial charge in [-0.15, -0.1) is 0 Å². The van der Waals surface area contributed by atoms with E-state index in [1.165, 1.54) is 37.8 Å². The molecule has 0 aliphatic heterocycles. The van der Waals surface area contributed by atoms with Gasteiger partial charge < -0.3 is 5.32 Å². The fourth-order valence-electron chi connectivity index (χ4n) is 5.72. The lowest BCUT2D eigenvalue weighted by atomic mass is 9.72. The van der Waals surface area contributed by atoms with Gasteiger partial charge >= 0.3 is 0 Å². The van der Waals surface area contributed by atoms with Crippen LogP contribution >= 0.6 is 0 Å². The summed E-state index contributed by atoms with van der Waals surface area (Å²) >= 11 is 0. The maximum atomic E-state index is 11.5. The van der Waals surface area contributed by atoms with E-state index in [9.17, 15) is 9.59 Å². The Balaban J connectivity index is 1.55. The fourth-order valence-corrected chi connectivity index (χ4v) is 5.72. The van der Waals surface area contributed by atoms with Crippen molar-refractivity contribution in [1.29, 1.82) is 0 Å². The largest absolute Gasteiger partial charge is 0.352 e. The average molecular weight is 301 g/mol. The van der Waals surface area contributed by atoms with Gasteiger partial charge in [0.05, 0.1) is 0 Å². The highest BCUT2D eigenvalue weighted by Gasteiger charge is 2.56. The molecule has 0 heterocycles. The van der Waals surface area contributed by atoms with Gasteiger partial charge in [0, 0.05) is 13.0 Å². The lowest BCUT2D eigenvalue weighted by molar-refractivity contribution is -0.117. The van der Waals surface area contributed by atoms with E-state index in [0.29, 0.717) is 12.3 Å². The summed E-state index contributed by atoms with van der Waals surface area (Å²) in [5.74, 6) is 4.84. The van der Waals surface area contributed by atoms with Crippen LogP contribution in [0.15, 0.2) is 25.3 Å². The molecule has 3 aliphatic carbocycles. The molecule has 0 aromatic heterocycles. The molecule has 3 fully saturated rings. The lowest BCUT2D eigenvalue weighted by Gasteiger charge is -2.34. The van der Waals surface area contributed by atoms with Crippen molar-refractivity contribution in [2.75, 3.05) is 6.54 Å². The molecule has 3 heteroatoms. The monoisotopic (exact) mass is 301 g/mol. The molecule has 3 nitrogen and oxygen atoms in total. The van der Waals surface area contributed by atoms with Gasteiger partial charge in [-0.1, -0.05) is 13.2 Å². The van der Waals surface area contributed by atoms with E-state index < -0.39 is 0 Å². The molecular weight excluding hydrogens is 274 g/mol. The summed E-state index contributed by atoms with van der Waals surface area (Å²) in [7, 11) is 0. The zero-order valence-electron chi connectivity index (χ0n) is 13.3. The summed E-state index contributed by atoms with van der Waals surface area (Å²) < 4.78 is 0. The van der Waals surface area contributed by atoms with E-state index in [1.54, 1.807) is 0 Å². The SMILES string of the molecule is C=CC(=O)CCC1CC2CC1[C@@H]1CCC(CNC(=O)C=C)[C@H]21. The van der Waals surface area contributed by atoms with E-state index in [-0.39, 0.29) is 11.7 Å². The first-order valence-electron chi connectivity index (χ1n) is 8.69. The summed E-state index contributed by atoms with van der Waals surface area (Å²) in [4.78, 5) is 22.8. The maximum Gasteiger partial charge on any atom is 0.243 e. The van der Waals surface area contributed by atoms with Crippen molar-refractivity contribution in [3.63, 3.8) is 0 Å². The van der Waals surface area contributed by atoms with E-state index >= 15 is 0 Å². The molecule has 0 aromatic rings. The predicted octanol–water partition coefficient (Wildman–Crippen LogP) is 3.12. The van der Waals surface area contributed by atoms with E-state index in [1.807, 2.05) is 0 Å². The van der Waals surface area contributed by atoms with Crippen LogP contribution in [0, 0.1) is 35.5 Å². The molecule has 120 valence electrons. The molecule has 0 radical (unpaired) electrons. The molecular formula is C19H27NO2. The topological polar surface area (TPSA) is 46.2 Å². The Morgan fingerprint density at radius 1 is 1.05 bits per heavy atom. The number of allylic oxidation sites excluding steroid dienone is 1. The van der Waals surface area contributed by atoms with Gasteiger partial charge in [0.15, 0.2) is 5.78 Å². The Hall–Kier alpha value is -1.38. The van der Waals surface area contributed by atoms with Crippen LogP contribution in [0.25, 0.3) is 0 Å². The highest BCUT2D eigenvalue weighted by molar-refractivity contribution is 5.89. The van der Waals surface area contributed by atoms with Gasteiger partial charge in [0.2, 0.25) is 5.91 Å². The molecule has 0 spiro atoms. The number of carbonyl (C=O) groups is 2. The number of nitrogens with one attached hydrogen (secondary N) is 1. The minimum atomic E-state index is -0.0487. The third-order valence-corrected chi connectivity index (χ3v) is 6.50. The fraction of sp³-hybridized carbons (Fsp3) is 0.684. The van der Waals surface area contributed by atoms with Crippen molar-refractivity contribution in [1.82, 2.24) is 5.32 Å². The maximum absolute atomic E-state index is 11.5. The summed E-state index contributed by atoms with van der Waals surface area (Å²) in [6.45, 7) is 7.90. The molecule has 3 rings (SSSR count). The number of hydrogen-bond acceptors (Lipinski definition) is 2. The van der Waals surface area contributed by atoms with Gasteiger partial charge in [-0.2, -0.15) is 0 Å². The molecule has 0 aromatic carbocycles. The van der Waals surface area contributed by atoms with Crippen LogP contribution in [0.2, 0.25) is 0 Å². The van der Waals surface area contributed by atoms with Crippen LogP contribution in [0.4, 0.5) is 0 Å². The molecule has 3 saturated carbocycles. The van der Waals surface area contributed by atoms with Crippen molar-refractivity contribution in [2.45, 2.75) is 38.5 Å².